The molecule has 2 saturated heterocycles. The Balaban J connectivity index is 1.04. The molecule has 1 aromatic heterocycles. The SMILES string of the molecule is Cc1nn(-c2ccccc2)nc1C(=O)N1CC2CN(CC[C@H](NC(=O)C3CCCC3)c3ccccc3)CC2C1. The number of nitrogens with zero attached hydrogens (tertiary/aromatic N) is 5. The molecule has 2 aliphatic heterocycles. The van der Waals surface area contributed by atoms with Crippen molar-refractivity contribution < 1.29 is 9.59 Å². The van der Waals surface area contributed by atoms with Crippen molar-refractivity contribution in [3.05, 3.63) is 77.6 Å². The number of carbonyl (C=O) groups excluding carboxylic acids is 2. The number of amides is 2. The average molecular weight is 527 g/mol. The maximum Gasteiger partial charge on any atom is 0.276 e. The Morgan fingerprint density at radius 3 is 2.21 bits per heavy atom. The third-order valence-corrected chi connectivity index (χ3v) is 8.80. The number of aromatic nitrogens is 3. The molecule has 8 nitrogen and oxygen atoms in total. The lowest BCUT2D eigenvalue weighted by Gasteiger charge is -2.25. The second kappa shape index (κ2) is 11.3. The van der Waals surface area contributed by atoms with Crippen molar-refractivity contribution in [3.8, 4) is 5.69 Å². The molecule has 3 fully saturated rings. The van der Waals surface area contributed by atoms with Crippen LogP contribution in [-0.4, -0.2) is 69.3 Å². The average Bonchev–Trinajstić information content (AvgIpc) is 3.76. The van der Waals surface area contributed by atoms with Crippen LogP contribution in [0, 0.1) is 24.7 Å². The summed E-state index contributed by atoms with van der Waals surface area (Å²) in [4.78, 5) is 32.3. The van der Waals surface area contributed by atoms with Crippen molar-refractivity contribution in [1.82, 2.24) is 30.1 Å². The number of benzene rings is 2. The molecule has 2 unspecified atom stereocenters. The first-order valence-corrected chi connectivity index (χ1v) is 14.4. The normalized spacial score (nSPS) is 22.2. The number of carbonyl (C=O) groups is 2. The van der Waals surface area contributed by atoms with Gasteiger partial charge >= 0.3 is 0 Å². The van der Waals surface area contributed by atoms with E-state index in [9.17, 15) is 9.59 Å². The third-order valence-electron chi connectivity index (χ3n) is 8.80. The van der Waals surface area contributed by atoms with Crippen LogP contribution in [0.4, 0.5) is 0 Å². The molecule has 204 valence electrons. The van der Waals surface area contributed by atoms with Gasteiger partial charge in [-0.3, -0.25) is 9.59 Å². The second-order valence-electron chi connectivity index (χ2n) is 11.5. The zero-order valence-electron chi connectivity index (χ0n) is 22.7. The van der Waals surface area contributed by atoms with Gasteiger partial charge in [-0.25, -0.2) is 0 Å². The quantitative estimate of drug-likeness (QED) is 0.480. The fraction of sp³-hybridized carbons (Fsp3) is 0.484. The molecule has 3 aromatic rings. The third kappa shape index (κ3) is 5.62. The van der Waals surface area contributed by atoms with Crippen LogP contribution in [0.3, 0.4) is 0 Å². The molecule has 8 heteroatoms. The molecule has 0 spiro atoms. The van der Waals surface area contributed by atoms with Crippen molar-refractivity contribution in [2.75, 3.05) is 32.7 Å². The molecule has 0 radical (unpaired) electrons. The van der Waals surface area contributed by atoms with Gasteiger partial charge in [0.2, 0.25) is 5.91 Å². The van der Waals surface area contributed by atoms with E-state index in [1.807, 2.05) is 48.2 Å². The second-order valence-corrected chi connectivity index (χ2v) is 11.5. The van der Waals surface area contributed by atoms with Crippen LogP contribution in [0.1, 0.15) is 59.9 Å². The highest BCUT2D eigenvalue weighted by molar-refractivity contribution is 5.93. The van der Waals surface area contributed by atoms with Crippen LogP contribution in [0.2, 0.25) is 0 Å². The van der Waals surface area contributed by atoms with Crippen molar-refractivity contribution in [2.24, 2.45) is 17.8 Å². The minimum atomic E-state index is -0.0191. The summed E-state index contributed by atoms with van der Waals surface area (Å²) in [6.07, 6.45) is 5.25. The molecule has 3 heterocycles. The van der Waals surface area contributed by atoms with E-state index in [-0.39, 0.29) is 23.8 Å². The Bertz CT molecular complexity index is 1270. The lowest BCUT2D eigenvalue weighted by Crippen LogP contribution is -2.36. The van der Waals surface area contributed by atoms with Gasteiger partial charge in [-0.05, 0) is 55.7 Å². The predicted molar refractivity (Wildman–Crippen MR) is 149 cm³/mol. The van der Waals surface area contributed by atoms with E-state index in [1.165, 1.54) is 5.56 Å². The summed E-state index contributed by atoms with van der Waals surface area (Å²) in [6.45, 7) is 6.30. The van der Waals surface area contributed by atoms with E-state index in [0.29, 0.717) is 23.2 Å². The Kier molecular flexibility index (Phi) is 7.46. The van der Waals surface area contributed by atoms with Crippen molar-refractivity contribution in [3.63, 3.8) is 0 Å². The molecule has 3 aliphatic rings. The van der Waals surface area contributed by atoms with E-state index in [2.05, 4.69) is 44.7 Å². The van der Waals surface area contributed by atoms with Gasteiger partial charge in [-0.1, -0.05) is 61.4 Å². The van der Waals surface area contributed by atoms with Crippen LogP contribution in [0.25, 0.3) is 5.69 Å². The molecule has 2 amide bonds. The van der Waals surface area contributed by atoms with Gasteiger partial charge in [-0.15, -0.1) is 5.10 Å². The maximum absolute atomic E-state index is 13.4. The standard InChI is InChI=1S/C31H38N6O2/c1-22-29(34-37(33-22)27-14-6-3-7-15-27)31(39)36-20-25-18-35(19-26(25)21-36)17-16-28(23-10-4-2-5-11-23)32-30(38)24-12-8-9-13-24/h2-7,10-11,14-15,24-26,28H,8-9,12-13,16-21H2,1H3,(H,32,38)/t25?,26?,28-/m0/s1. The zero-order valence-corrected chi connectivity index (χ0v) is 22.7. The molecule has 6 rings (SSSR count). The number of nitrogens with one attached hydrogen (secondary N) is 1. The minimum absolute atomic E-state index is 0.0191. The van der Waals surface area contributed by atoms with E-state index in [1.54, 1.807) is 4.80 Å². The maximum atomic E-state index is 13.4. The van der Waals surface area contributed by atoms with E-state index in [0.717, 1.165) is 70.5 Å². The van der Waals surface area contributed by atoms with E-state index in [4.69, 9.17) is 0 Å². The molecular formula is C31H38N6O2. The highest BCUT2D eigenvalue weighted by Gasteiger charge is 2.42. The lowest BCUT2D eigenvalue weighted by atomic mass is 10.0. The molecule has 0 bridgehead atoms. The van der Waals surface area contributed by atoms with Gasteiger partial charge in [0.1, 0.15) is 0 Å². The van der Waals surface area contributed by atoms with Gasteiger partial charge < -0.3 is 15.1 Å². The minimum Gasteiger partial charge on any atom is -0.349 e. The molecule has 1 N–H and O–H groups in total. The molecule has 1 aliphatic carbocycles. The predicted octanol–water partition coefficient (Wildman–Crippen LogP) is 4.02. The number of fused-ring (bicyclic) bond motifs is 1. The fourth-order valence-electron chi connectivity index (χ4n) is 6.64. The summed E-state index contributed by atoms with van der Waals surface area (Å²) in [5, 5.41) is 12.4. The van der Waals surface area contributed by atoms with Gasteiger partial charge in [0, 0.05) is 38.6 Å². The summed E-state index contributed by atoms with van der Waals surface area (Å²) in [5.41, 5.74) is 3.13. The Labute approximate surface area is 230 Å². The lowest BCUT2D eigenvalue weighted by molar-refractivity contribution is -0.125. The van der Waals surface area contributed by atoms with Crippen LogP contribution < -0.4 is 5.32 Å². The molecule has 1 saturated carbocycles. The van der Waals surface area contributed by atoms with Gasteiger partial charge in [0.15, 0.2) is 5.69 Å². The Morgan fingerprint density at radius 2 is 1.54 bits per heavy atom. The van der Waals surface area contributed by atoms with E-state index < -0.39 is 0 Å². The van der Waals surface area contributed by atoms with Gasteiger partial charge in [0.25, 0.3) is 5.91 Å². The zero-order chi connectivity index (χ0) is 26.8. The monoisotopic (exact) mass is 526 g/mol. The largest absolute Gasteiger partial charge is 0.349 e. The molecular weight excluding hydrogens is 488 g/mol. The summed E-state index contributed by atoms with van der Waals surface area (Å²) in [7, 11) is 0. The van der Waals surface area contributed by atoms with Crippen LogP contribution in [0.15, 0.2) is 60.7 Å². The molecule has 3 atom stereocenters. The smallest absolute Gasteiger partial charge is 0.276 e. The highest BCUT2D eigenvalue weighted by atomic mass is 16.2. The fourth-order valence-corrected chi connectivity index (χ4v) is 6.64. The van der Waals surface area contributed by atoms with Crippen LogP contribution in [0.5, 0.6) is 0 Å². The first-order valence-electron chi connectivity index (χ1n) is 14.4. The van der Waals surface area contributed by atoms with Crippen molar-refractivity contribution in [1.29, 1.82) is 0 Å². The van der Waals surface area contributed by atoms with Gasteiger partial charge in [0.05, 0.1) is 17.4 Å². The summed E-state index contributed by atoms with van der Waals surface area (Å²) in [5.74, 6) is 1.31. The van der Waals surface area contributed by atoms with E-state index >= 15 is 0 Å². The first-order chi connectivity index (χ1) is 19.0. The summed E-state index contributed by atoms with van der Waals surface area (Å²) in [6, 6.07) is 20.1. The van der Waals surface area contributed by atoms with Crippen molar-refractivity contribution >= 4 is 11.8 Å². The Hall–Kier alpha value is -3.52. The molecule has 39 heavy (non-hydrogen) atoms. The Morgan fingerprint density at radius 1 is 0.897 bits per heavy atom. The first kappa shape index (κ1) is 25.7. The highest BCUT2D eigenvalue weighted by Crippen LogP contribution is 2.33. The number of hydrogen-bond acceptors (Lipinski definition) is 5. The van der Waals surface area contributed by atoms with Crippen LogP contribution in [-0.2, 0) is 4.79 Å². The van der Waals surface area contributed by atoms with Crippen molar-refractivity contribution in [2.45, 2.75) is 45.1 Å². The number of hydrogen-bond donors (Lipinski definition) is 1. The number of aryl methyl sites for hydroxylation is 1. The number of rotatable bonds is 8. The summed E-state index contributed by atoms with van der Waals surface area (Å²) < 4.78 is 0. The number of para-hydroxylation sites is 1. The number of likely N-dealkylation sites (tertiary alicyclic amines) is 2. The molecule has 2 aromatic carbocycles. The topological polar surface area (TPSA) is 83.4 Å². The summed E-state index contributed by atoms with van der Waals surface area (Å²) >= 11 is 0. The van der Waals surface area contributed by atoms with Crippen LogP contribution >= 0.6 is 0 Å². The van der Waals surface area contributed by atoms with Gasteiger partial charge in [-0.2, -0.15) is 9.90 Å².